The maximum Gasteiger partial charge on any atom is 0.152 e. The molecule has 0 heterocycles. The summed E-state index contributed by atoms with van der Waals surface area (Å²) in [7, 11) is 1.65. The summed E-state index contributed by atoms with van der Waals surface area (Å²) in [5.74, 6) is -0.387. The van der Waals surface area contributed by atoms with Crippen molar-refractivity contribution in [3.8, 4) is 0 Å². The molecule has 0 aliphatic carbocycles. The lowest BCUT2D eigenvalue weighted by Gasteiger charge is -2.33. The fourth-order valence-corrected chi connectivity index (χ4v) is 2.30. The van der Waals surface area contributed by atoms with Crippen molar-refractivity contribution < 1.29 is 13.9 Å². The molecule has 0 aliphatic rings. The molecule has 19 heavy (non-hydrogen) atoms. The molecule has 0 aliphatic heterocycles. The molecule has 0 atom stereocenters. The fraction of sp³-hybridized carbons (Fsp3) is 0.533. The second kappa shape index (κ2) is 7.89. The van der Waals surface area contributed by atoms with Crippen LogP contribution in [0.3, 0.4) is 0 Å². The van der Waals surface area contributed by atoms with Gasteiger partial charge in [-0.05, 0) is 31.0 Å². The third-order valence-corrected chi connectivity index (χ3v) is 3.35. The number of hydrogen-bond acceptors (Lipinski definition) is 3. The molecule has 3 nitrogen and oxygen atoms in total. The van der Waals surface area contributed by atoms with Crippen LogP contribution in [0.2, 0.25) is 0 Å². The van der Waals surface area contributed by atoms with Crippen LogP contribution in [0.25, 0.3) is 0 Å². The van der Waals surface area contributed by atoms with Gasteiger partial charge in [-0.25, -0.2) is 4.39 Å². The first-order chi connectivity index (χ1) is 9.17. The Kier molecular flexibility index (Phi) is 6.50. The molecular weight excluding hydrogens is 245 g/mol. The molecule has 1 rings (SSSR count). The number of nitrogens with zero attached hydrogens (tertiary/aromatic N) is 1. The standard InChI is InChI=1S/C15H22FNO2/c1-4-14(5-2)17(8-9-19-3)15-7-6-13(16)10-12(15)11-18/h6-7,10-11,14H,4-5,8-9H2,1-3H3. The van der Waals surface area contributed by atoms with E-state index in [1.807, 2.05) is 0 Å². The number of hydrogen-bond donors (Lipinski definition) is 0. The molecule has 1 aromatic carbocycles. The first kappa shape index (κ1) is 15.6. The van der Waals surface area contributed by atoms with Crippen molar-refractivity contribution in [1.29, 1.82) is 0 Å². The lowest BCUT2D eigenvalue weighted by atomic mass is 10.1. The molecule has 0 N–H and O–H groups in total. The molecule has 0 aromatic heterocycles. The molecule has 106 valence electrons. The van der Waals surface area contributed by atoms with Crippen LogP contribution in [0.5, 0.6) is 0 Å². The third-order valence-electron chi connectivity index (χ3n) is 3.35. The molecule has 0 spiro atoms. The summed E-state index contributed by atoms with van der Waals surface area (Å²) in [6.45, 7) is 5.48. The lowest BCUT2D eigenvalue weighted by molar-refractivity contribution is 0.112. The summed E-state index contributed by atoms with van der Waals surface area (Å²) in [5.41, 5.74) is 1.17. The van der Waals surface area contributed by atoms with Gasteiger partial charge in [0.05, 0.1) is 6.61 Å². The Morgan fingerprint density at radius 3 is 2.58 bits per heavy atom. The van der Waals surface area contributed by atoms with E-state index >= 15 is 0 Å². The Hall–Kier alpha value is -1.42. The number of ether oxygens (including phenoxy) is 1. The molecule has 0 bridgehead atoms. The predicted octanol–water partition coefficient (Wildman–Crippen LogP) is 3.28. The van der Waals surface area contributed by atoms with Gasteiger partial charge in [-0.2, -0.15) is 0 Å². The summed E-state index contributed by atoms with van der Waals surface area (Å²) in [4.78, 5) is 13.3. The second-order valence-corrected chi connectivity index (χ2v) is 4.48. The molecule has 0 saturated carbocycles. The SMILES string of the molecule is CCC(CC)N(CCOC)c1ccc(F)cc1C=O. The van der Waals surface area contributed by atoms with Crippen LogP contribution >= 0.6 is 0 Å². The van der Waals surface area contributed by atoms with Gasteiger partial charge < -0.3 is 9.64 Å². The van der Waals surface area contributed by atoms with Gasteiger partial charge in [-0.1, -0.05) is 13.8 Å². The van der Waals surface area contributed by atoms with Gasteiger partial charge >= 0.3 is 0 Å². The highest BCUT2D eigenvalue weighted by molar-refractivity contribution is 5.84. The van der Waals surface area contributed by atoms with Gasteiger partial charge in [0.15, 0.2) is 6.29 Å². The van der Waals surface area contributed by atoms with Crippen LogP contribution in [-0.4, -0.2) is 32.6 Å². The van der Waals surface area contributed by atoms with Crippen molar-refractivity contribution >= 4 is 12.0 Å². The Morgan fingerprint density at radius 2 is 2.05 bits per heavy atom. The van der Waals surface area contributed by atoms with Gasteiger partial charge in [-0.15, -0.1) is 0 Å². The molecule has 0 saturated heterocycles. The first-order valence-electron chi connectivity index (χ1n) is 6.68. The minimum Gasteiger partial charge on any atom is -0.383 e. The van der Waals surface area contributed by atoms with E-state index in [4.69, 9.17) is 4.74 Å². The molecule has 0 fully saturated rings. The minimum atomic E-state index is -0.387. The number of halogens is 1. The zero-order chi connectivity index (χ0) is 14.3. The van der Waals surface area contributed by atoms with E-state index in [2.05, 4.69) is 18.7 Å². The van der Waals surface area contributed by atoms with E-state index in [-0.39, 0.29) is 5.82 Å². The van der Waals surface area contributed by atoms with Gasteiger partial charge in [0, 0.05) is 30.9 Å². The van der Waals surface area contributed by atoms with Crippen LogP contribution in [0.4, 0.5) is 10.1 Å². The number of carbonyl (C=O) groups is 1. The summed E-state index contributed by atoms with van der Waals surface area (Å²) in [5, 5.41) is 0. The summed E-state index contributed by atoms with van der Waals surface area (Å²) in [6, 6.07) is 4.67. The van der Waals surface area contributed by atoms with E-state index in [0.29, 0.717) is 31.0 Å². The number of carbonyl (C=O) groups excluding carboxylic acids is 1. The first-order valence-corrected chi connectivity index (χ1v) is 6.68. The Labute approximate surface area is 114 Å². The Morgan fingerprint density at radius 1 is 1.37 bits per heavy atom. The van der Waals surface area contributed by atoms with Crippen LogP contribution < -0.4 is 4.90 Å². The predicted molar refractivity (Wildman–Crippen MR) is 75.4 cm³/mol. The van der Waals surface area contributed by atoms with Crippen LogP contribution in [0, 0.1) is 5.82 Å². The number of methoxy groups -OCH3 is 1. The Bertz CT molecular complexity index is 405. The monoisotopic (exact) mass is 267 g/mol. The van der Waals surface area contributed by atoms with E-state index in [0.717, 1.165) is 18.5 Å². The minimum absolute atomic E-state index is 0.319. The van der Waals surface area contributed by atoms with Crippen LogP contribution in [0.1, 0.15) is 37.0 Å². The quantitative estimate of drug-likeness (QED) is 0.677. The van der Waals surface area contributed by atoms with Crippen molar-refractivity contribution in [3.05, 3.63) is 29.6 Å². The second-order valence-electron chi connectivity index (χ2n) is 4.48. The maximum atomic E-state index is 13.2. The van der Waals surface area contributed by atoms with Gasteiger partial charge in [-0.3, -0.25) is 4.79 Å². The molecule has 1 aromatic rings. The summed E-state index contributed by atoms with van der Waals surface area (Å²) >= 11 is 0. The van der Waals surface area contributed by atoms with Crippen molar-refractivity contribution in [2.24, 2.45) is 0 Å². The van der Waals surface area contributed by atoms with Gasteiger partial charge in [0.2, 0.25) is 0 Å². The highest BCUT2D eigenvalue weighted by atomic mass is 19.1. The molecular formula is C15H22FNO2. The number of anilines is 1. The topological polar surface area (TPSA) is 29.5 Å². The van der Waals surface area contributed by atoms with E-state index in [1.54, 1.807) is 13.2 Å². The van der Waals surface area contributed by atoms with E-state index in [1.165, 1.54) is 12.1 Å². The van der Waals surface area contributed by atoms with Crippen LogP contribution in [0.15, 0.2) is 18.2 Å². The smallest absolute Gasteiger partial charge is 0.152 e. The lowest BCUT2D eigenvalue weighted by Crippen LogP contribution is -2.37. The number of rotatable bonds is 8. The Balaban J connectivity index is 3.11. The van der Waals surface area contributed by atoms with Crippen molar-refractivity contribution in [1.82, 2.24) is 0 Å². The zero-order valence-corrected chi connectivity index (χ0v) is 11.9. The maximum absolute atomic E-state index is 13.2. The highest BCUT2D eigenvalue weighted by Crippen LogP contribution is 2.24. The van der Waals surface area contributed by atoms with Crippen molar-refractivity contribution in [3.63, 3.8) is 0 Å². The van der Waals surface area contributed by atoms with E-state index < -0.39 is 0 Å². The number of aldehydes is 1. The van der Waals surface area contributed by atoms with Gasteiger partial charge in [0.1, 0.15) is 5.82 Å². The largest absolute Gasteiger partial charge is 0.383 e. The molecule has 0 amide bonds. The van der Waals surface area contributed by atoms with Crippen LogP contribution in [-0.2, 0) is 4.74 Å². The van der Waals surface area contributed by atoms with Crippen molar-refractivity contribution in [2.45, 2.75) is 32.7 Å². The average Bonchev–Trinajstić information content (AvgIpc) is 2.43. The zero-order valence-electron chi connectivity index (χ0n) is 11.9. The summed E-state index contributed by atoms with van der Waals surface area (Å²) < 4.78 is 18.3. The van der Waals surface area contributed by atoms with Gasteiger partial charge in [0.25, 0.3) is 0 Å². The van der Waals surface area contributed by atoms with Crippen molar-refractivity contribution in [2.75, 3.05) is 25.2 Å². The normalized spacial score (nSPS) is 10.8. The molecule has 0 unspecified atom stereocenters. The average molecular weight is 267 g/mol. The summed E-state index contributed by atoms with van der Waals surface area (Å²) in [6.07, 6.45) is 2.65. The molecule has 0 radical (unpaired) electrons. The third kappa shape index (κ3) is 4.03. The van der Waals surface area contributed by atoms with E-state index in [9.17, 15) is 9.18 Å². The highest BCUT2D eigenvalue weighted by Gasteiger charge is 2.18. The molecule has 4 heteroatoms. The number of benzene rings is 1. The fourth-order valence-electron chi connectivity index (χ4n) is 2.30.